The maximum Gasteiger partial charge on any atom is -0.00246 e. The van der Waals surface area contributed by atoms with Crippen molar-refractivity contribution >= 4 is 0 Å². The summed E-state index contributed by atoms with van der Waals surface area (Å²) >= 11 is 0. The van der Waals surface area contributed by atoms with E-state index in [0.717, 1.165) is 5.92 Å². The molecule has 1 heteroatoms. The molecule has 1 aromatic rings. The highest BCUT2D eigenvalue weighted by molar-refractivity contribution is 5.14. The van der Waals surface area contributed by atoms with Gasteiger partial charge < -0.3 is 4.90 Å². The van der Waals surface area contributed by atoms with E-state index < -0.39 is 0 Å². The summed E-state index contributed by atoms with van der Waals surface area (Å²) in [6.45, 7) is 5.22. The van der Waals surface area contributed by atoms with Crippen LogP contribution in [-0.4, -0.2) is 25.5 Å². The van der Waals surface area contributed by atoms with Crippen molar-refractivity contribution in [3.63, 3.8) is 0 Å². The van der Waals surface area contributed by atoms with Gasteiger partial charge in [-0.05, 0) is 64.2 Å². The Balaban J connectivity index is 1.89. The van der Waals surface area contributed by atoms with Gasteiger partial charge in [0, 0.05) is 0 Å². The van der Waals surface area contributed by atoms with Gasteiger partial charge in [-0.25, -0.2) is 0 Å². The molecule has 0 aliphatic carbocycles. The summed E-state index contributed by atoms with van der Waals surface area (Å²) in [6.07, 6.45) is 17.1. The van der Waals surface area contributed by atoms with Crippen LogP contribution in [0, 0.1) is 5.92 Å². The Kier molecular flexibility index (Phi) is 12.5. The number of hydrogen-bond acceptors (Lipinski definition) is 1. The Bertz CT molecular complexity index is 396. The molecule has 1 nitrogen and oxygen atoms in total. The molecule has 0 spiro atoms. The summed E-state index contributed by atoms with van der Waals surface area (Å²) in [4.78, 5) is 2.28. The van der Waals surface area contributed by atoms with E-state index >= 15 is 0 Å². The molecule has 0 saturated carbocycles. The maximum absolute atomic E-state index is 4.02. The van der Waals surface area contributed by atoms with Crippen molar-refractivity contribution in [1.82, 2.24) is 4.90 Å². The van der Waals surface area contributed by atoms with Gasteiger partial charge in [0.15, 0.2) is 0 Å². The fraction of sp³-hybridized carbons (Fsp3) is 0.652. The Morgan fingerprint density at radius 2 is 1.42 bits per heavy atom. The van der Waals surface area contributed by atoms with Crippen LogP contribution in [0.25, 0.3) is 0 Å². The number of benzene rings is 1. The van der Waals surface area contributed by atoms with Gasteiger partial charge in [-0.2, -0.15) is 0 Å². The molecule has 1 rings (SSSR count). The minimum Gasteiger partial charge on any atom is -0.309 e. The highest BCUT2D eigenvalue weighted by Crippen LogP contribution is 2.18. The van der Waals surface area contributed by atoms with E-state index in [1.807, 2.05) is 0 Å². The first-order valence-electron chi connectivity index (χ1n) is 10.0. The zero-order valence-electron chi connectivity index (χ0n) is 16.2. The Hall–Kier alpha value is -1.08. The van der Waals surface area contributed by atoms with Crippen molar-refractivity contribution in [2.24, 2.45) is 5.92 Å². The summed E-state index contributed by atoms with van der Waals surface area (Å²) < 4.78 is 0. The van der Waals surface area contributed by atoms with Crippen LogP contribution in [0.3, 0.4) is 0 Å². The molecule has 0 aliphatic heterocycles. The van der Waals surface area contributed by atoms with Crippen LogP contribution in [0.5, 0.6) is 0 Å². The molecule has 0 heterocycles. The van der Waals surface area contributed by atoms with Crippen molar-refractivity contribution < 1.29 is 0 Å². The Morgan fingerprint density at radius 3 is 2.04 bits per heavy atom. The summed E-state index contributed by atoms with van der Waals surface area (Å²) in [7, 11) is 4.31. The average Bonchev–Trinajstić information content (AvgIpc) is 2.59. The highest BCUT2D eigenvalue weighted by Gasteiger charge is 2.04. The minimum absolute atomic E-state index is 0.732. The third-order valence-corrected chi connectivity index (χ3v) is 4.90. The van der Waals surface area contributed by atoms with Crippen LogP contribution < -0.4 is 0 Å². The van der Waals surface area contributed by atoms with Crippen LogP contribution in [0.4, 0.5) is 0 Å². The van der Waals surface area contributed by atoms with Crippen LogP contribution >= 0.6 is 0 Å². The standard InChI is InChI=1S/C23H39N/c1-4-22(20-15-21-24(2)3)16-11-8-6-5-7-9-12-17-23-18-13-10-14-19-23/h4,10,13-14,18-19,22H,1,5-9,11-12,15-17,20-21H2,2-3H3. The van der Waals surface area contributed by atoms with Gasteiger partial charge in [0.2, 0.25) is 0 Å². The molecule has 0 bridgehead atoms. The van der Waals surface area contributed by atoms with Gasteiger partial charge in [0.25, 0.3) is 0 Å². The lowest BCUT2D eigenvalue weighted by atomic mass is 9.95. The smallest absolute Gasteiger partial charge is 0.00246 e. The van der Waals surface area contributed by atoms with Crippen molar-refractivity contribution in [2.45, 2.75) is 70.6 Å². The SMILES string of the molecule is C=CC(CCCCCCCCCc1ccccc1)CCCN(C)C. The molecule has 1 aromatic carbocycles. The van der Waals surface area contributed by atoms with Crippen molar-refractivity contribution in [3.05, 3.63) is 48.6 Å². The summed E-state index contributed by atoms with van der Waals surface area (Å²) in [5.74, 6) is 0.732. The second kappa shape index (κ2) is 14.3. The molecule has 24 heavy (non-hydrogen) atoms. The lowest BCUT2D eigenvalue weighted by Gasteiger charge is -2.14. The van der Waals surface area contributed by atoms with E-state index in [2.05, 4.69) is 62.0 Å². The lowest BCUT2D eigenvalue weighted by Crippen LogP contribution is -2.13. The number of hydrogen-bond donors (Lipinski definition) is 0. The summed E-state index contributed by atoms with van der Waals surface area (Å²) in [6, 6.07) is 10.9. The predicted molar refractivity (Wildman–Crippen MR) is 109 cm³/mol. The molecule has 0 radical (unpaired) electrons. The first-order valence-corrected chi connectivity index (χ1v) is 10.0. The molecule has 1 unspecified atom stereocenters. The van der Waals surface area contributed by atoms with Crippen molar-refractivity contribution in [3.8, 4) is 0 Å². The normalized spacial score (nSPS) is 12.5. The minimum atomic E-state index is 0.732. The quantitative estimate of drug-likeness (QED) is 0.262. The molecule has 0 aliphatic rings. The molecule has 1 atom stereocenters. The molecule has 136 valence electrons. The third-order valence-electron chi connectivity index (χ3n) is 4.90. The van der Waals surface area contributed by atoms with Gasteiger partial charge >= 0.3 is 0 Å². The number of aryl methyl sites for hydroxylation is 1. The average molecular weight is 330 g/mol. The molecule has 0 N–H and O–H groups in total. The molecule has 0 amide bonds. The van der Waals surface area contributed by atoms with E-state index in [0.29, 0.717) is 0 Å². The van der Waals surface area contributed by atoms with Crippen molar-refractivity contribution in [1.29, 1.82) is 0 Å². The van der Waals surface area contributed by atoms with Crippen LogP contribution in [0.15, 0.2) is 43.0 Å². The number of unbranched alkanes of at least 4 members (excludes halogenated alkanes) is 6. The van der Waals surface area contributed by atoms with E-state index in [1.165, 1.54) is 82.7 Å². The van der Waals surface area contributed by atoms with Gasteiger partial charge in [0.1, 0.15) is 0 Å². The predicted octanol–water partition coefficient (Wildman–Crippen LogP) is 6.49. The second-order valence-corrected chi connectivity index (χ2v) is 7.44. The zero-order valence-corrected chi connectivity index (χ0v) is 16.2. The van der Waals surface area contributed by atoms with E-state index in [9.17, 15) is 0 Å². The molecule has 0 fully saturated rings. The van der Waals surface area contributed by atoms with E-state index in [4.69, 9.17) is 0 Å². The van der Waals surface area contributed by atoms with Crippen LogP contribution in [0.1, 0.15) is 69.8 Å². The van der Waals surface area contributed by atoms with Crippen LogP contribution in [0.2, 0.25) is 0 Å². The maximum atomic E-state index is 4.02. The second-order valence-electron chi connectivity index (χ2n) is 7.44. The first kappa shape index (κ1) is 21.0. The highest BCUT2D eigenvalue weighted by atomic mass is 15.0. The van der Waals surface area contributed by atoms with Crippen LogP contribution in [-0.2, 0) is 6.42 Å². The monoisotopic (exact) mass is 329 g/mol. The van der Waals surface area contributed by atoms with E-state index in [1.54, 1.807) is 0 Å². The molecule has 0 aromatic heterocycles. The lowest BCUT2D eigenvalue weighted by molar-refractivity contribution is 0.373. The van der Waals surface area contributed by atoms with Gasteiger partial charge in [-0.3, -0.25) is 0 Å². The fourth-order valence-corrected chi connectivity index (χ4v) is 3.31. The number of nitrogens with zero attached hydrogens (tertiary/aromatic N) is 1. The molecular formula is C23H39N. The molecular weight excluding hydrogens is 290 g/mol. The third kappa shape index (κ3) is 11.5. The fourth-order valence-electron chi connectivity index (χ4n) is 3.31. The van der Waals surface area contributed by atoms with Gasteiger partial charge in [0.05, 0.1) is 0 Å². The summed E-state index contributed by atoms with van der Waals surface area (Å²) in [5.41, 5.74) is 1.49. The Morgan fingerprint density at radius 1 is 0.833 bits per heavy atom. The number of allylic oxidation sites excluding steroid dienone is 1. The molecule has 0 saturated heterocycles. The van der Waals surface area contributed by atoms with Crippen molar-refractivity contribution in [2.75, 3.05) is 20.6 Å². The van der Waals surface area contributed by atoms with Gasteiger partial charge in [-0.1, -0.05) is 74.9 Å². The first-order chi connectivity index (χ1) is 11.7. The van der Waals surface area contributed by atoms with Gasteiger partial charge in [-0.15, -0.1) is 6.58 Å². The Labute approximate surface area is 151 Å². The number of rotatable bonds is 15. The largest absolute Gasteiger partial charge is 0.309 e. The summed E-state index contributed by atoms with van der Waals surface area (Å²) in [5, 5.41) is 0. The topological polar surface area (TPSA) is 3.24 Å². The van der Waals surface area contributed by atoms with E-state index in [-0.39, 0.29) is 0 Å². The zero-order chi connectivity index (χ0) is 17.5.